The number of hydrogen-bond donors (Lipinski definition) is 1. The van der Waals surface area contributed by atoms with Gasteiger partial charge in [-0.25, -0.2) is 0 Å². The van der Waals surface area contributed by atoms with Gasteiger partial charge in [-0.3, -0.25) is 4.79 Å². The summed E-state index contributed by atoms with van der Waals surface area (Å²) < 4.78 is 0. The van der Waals surface area contributed by atoms with Gasteiger partial charge in [-0.05, 0) is 42.5 Å². The molecule has 5 heteroatoms. The molecule has 1 aromatic heterocycles. The van der Waals surface area contributed by atoms with E-state index in [1.807, 2.05) is 12.1 Å². The molecule has 0 unspecified atom stereocenters. The van der Waals surface area contributed by atoms with E-state index in [1.54, 1.807) is 19.1 Å². The third kappa shape index (κ3) is 2.36. The summed E-state index contributed by atoms with van der Waals surface area (Å²) in [6.07, 6.45) is 0.983. The van der Waals surface area contributed by atoms with Gasteiger partial charge in [0.2, 0.25) is 0 Å². The van der Waals surface area contributed by atoms with Crippen LogP contribution in [0.25, 0.3) is 0 Å². The van der Waals surface area contributed by atoms with Crippen LogP contribution >= 0.6 is 11.6 Å². The molecule has 21 heavy (non-hydrogen) atoms. The average molecular weight is 303 g/mol. The minimum absolute atomic E-state index is 0.00473. The van der Waals surface area contributed by atoms with Gasteiger partial charge in [0.25, 0.3) is 0 Å². The molecule has 0 saturated carbocycles. The molecule has 0 amide bonds. The minimum atomic E-state index is -1.28. The van der Waals surface area contributed by atoms with Gasteiger partial charge in [0.1, 0.15) is 0 Å². The molecular weight excluding hydrogens is 290 g/mol. The highest BCUT2D eigenvalue weighted by Crippen LogP contribution is 2.35. The SMILES string of the molecule is Cc1c(C(=O)[O-])[nH]c2c1C(=O)C[C@@H](c1ccc(Cl)cc1)C2. The molecule has 0 fully saturated rings. The first-order valence-corrected chi connectivity index (χ1v) is 7.06. The number of benzene rings is 1. The van der Waals surface area contributed by atoms with Crippen LogP contribution in [-0.4, -0.2) is 16.7 Å². The summed E-state index contributed by atoms with van der Waals surface area (Å²) in [5, 5.41) is 11.7. The lowest BCUT2D eigenvalue weighted by molar-refractivity contribution is -0.255. The van der Waals surface area contributed by atoms with Gasteiger partial charge in [0, 0.05) is 22.7 Å². The zero-order valence-corrected chi connectivity index (χ0v) is 12.2. The third-order valence-electron chi connectivity index (χ3n) is 4.03. The van der Waals surface area contributed by atoms with Gasteiger partial charge in [-0.1, -0.05) is 23.7 Å². The molecule has 0 spiro atoms. The fourth-order valence-corrected chi connectivity index (χ4v) is 3.13. The summed E-state index contributed by atoms with van der Waals surface area (Å²) in [5.41, 5.74) is 2.71. The number of aromatic nitrogens is 1. The predicted octanol–water partition coefficient (Wildman–Crippen LogP) is 2.25. The number of nitrogens with one attached hydrogen (secondary N) is 1. The molecule has 1 N–H and O–H groups in total. The number of rotatable bonds is 2. The van der Waals surface area contributed by atoms with Crippen LogP contribution in [-0.2, 0) is 6.42 Å². The second-order valence-corrected chi connectivity index (χ2v) is 5.78. The summed E-state index contributed by atoms with van der Waals surface area (Å²) in [5.74, 6) is -1.27. The number of carboxylic acid groups (broad SMARTS) is 1. The minimum Gasteiger partial charge on any atom is -0.543 e. The summed E-state index contributed by atoms with van der Waals surface area (Å²) in [6, 6.07) is 7.40. The molecule has 1 atom stereocenters. The molecule has 0 saturated heterocycles. The Balaban J connectivity index is 1.99. The van der Waals surface area contributed by atoms with Crippen molar-refractivity contribution in [1.82, 2.24) is 4.98 Å². The van der Waals surface area contributed by atoms with Gasteiger partial charge in [0.05, 0.1) is 11.7 Å². The van der Waals surface area contributed by atoms with Crippen molar-refractivity contribution in [2.24, 2.45) is 0 Å². The molecule has 1 heterocycles. The Morgan fingerprint density at radius 2 is 1.95 bits per heavy atom. The van der Waals surface area contributed by atoms with E-state index >= 15 is 0 Å². The van der Waals surface area contributed by atoms with Crippen LogP contribution in [0.2, 0.25) is 5.02 Å². The molecule has 0 aliphatic heterocycles. The summed E-state index contributed by atoms with van der Waals surface area (Å²) >= 11 is 5.87. The van der Waals surface area contributed by atoms with E-state index in [9.17, 15) is 14.7 Å². The van der Waals surface area contributed by atoms with Crippen LogP contribution in [0, 0.1) is 6.92 Å². The normalized spacial score (nSPS) is 17.6. The van der Waals surface area contributed by atoms with Crippen LogP contribution < -0.4 is 5.11 Å². The Labute approximate surface area is 126 Å². The van der Waals surface area contributed by atoms with E-state index in [2.05, 4.69) is 4.98 Å². The lowest BCUT2D eigenvalue weighted by Crippen LogP contribution is -2.23. The van der Waals surface area contributed by atoms with Crippen molar-refractivity contribution >= 4 is 23.4 Å². The average Bonchev–Trinajstić information content (AvgIpc) is 2.77. The van der Waals surface area contributed by atoms with Crippen LogP contribution in [0.15, 0.2) is 24.3 Å². The van der Waals surface area contributed by atoms with E-state index < -0.39 is 5.97 Å². The van der Waals surface area contributed by atoms with Gasteiger partial charge in [-0.15, -0.1) is 0 Å². The van der Waals surface area contributed by atoms with Crippen molar-refractivity contribution in [3.63, 3.8) is 0 Å². The Bertz CT molecular complexity index is 731. The first kappa shape index (κ1) is 13.9. The molecular formula is C16H13ClNO3-. The number of H-pyrrole nitrogens is 1. The van der Waals surface area contributed by atoms with Gasteiger partial charge < -0.3 is 14.9 Å². The zero-order chi connectivity index (χ0) is 15.1. The Hall–Kier alpha value is -2.07. The second-order valence-electron chi connectivity index (χ2n) is 5.35. The monoisotopic (exact) mass is 302 g/mol. The molecule has 1 aromatic carbocycles. The largest absolute Gasteiger partial charge is 0.543 e. The van der Waals surface area contributed by atoms with Gasteiger partial charge in [0.15, 0.2) is 5.78 Å². The van der Waals surface area contributed by atoms with Crippen LogP contribution in [0.4, 0.5) is 0 Å². The van der Waals surface area contributed by atoms with E-state index in [0.717, 1.165) is 5.56 Å². The quantitative estimate of drug-likeness (QED) is 0.924. The molecule has 1 aliphatic carbocycles. The number of aromatic amines is 1. The van der Waals surface area contributed by atoms with Gasteiger partial charge >= 0.3 is 0 Å². The lowest BCUT2D eigenvalue weighted by Gasteiger charge is -2.22. The molecule has 0 bridgehead atoms. The highest BCUT2D eigenvalue weighted by atomic mass is 35.5. The number of Topliss-reactive ketones (excluding diaryl/α,β-unsaturated/α-hetero) is 1. The van der Waals surface area contributed by atoms with Crippen molar-refractivity contribution in [3.05, 3.63) is 57.4 Å². The maximum atomic E-state index is 12.3. The summed E-state index contributed by atoms with van der Waals surface area (Å²) in [4.78, 5) is 26.2. The third-order valence-corrected chi connectivity index (χ3v) is 4.29. The molecule has 2 aromatic rings. The van der Waals surface area contributed by atoms with Crippen molar-refractivity contribution in [1.29, 1.82) is 0 Å². The fourth-order valence-electron chi connectivity index (χ4n) is 3.01. The number of carbonyl (C=O) groups is 2. The van der Waals surface area contributed by atoms with Crippen molar-refractivity contribution in [2.45, 2.75) is 25.7 Å². The Morgan fingerprint density at radius 1 is 1.29 bits per heavy atom. The van der Waals surface area contributed by atoms with E-state index in [-0.39, 0.29) is 17.4 Å². The van der Waals surface area contributed by atoms with Crippen LogP contribution in [0.1, 0.15) is 50.0 Å². The number of carbonyl (C=O) groups excluding carboxylic acids is 2. The first-order valence-electron chi connectivity index (χ1n) is 6.69. The molecule has 0 radical (unpaired) electrons. The maximum absolute atomic E-state index is 12.3. The fraction of sp³-hybridized carbons (Fsp3) is 0.250. The van der Waals surface area contributed by atoms with E-state index in [4.69, 9.17) is 11.6 Å². The van der Waals surface area contributed by atoms with Crippen LogP contribution in [0.3, 0.4) is 0 Å². The highest BCUT2D eigenvalue weighted by molar-refractivity contribution is 6.30. The maximum Gasteiger partial charge on any atom is 0.165 e. The van der Waals surface area contributed by atoms with Crippen molar-refractivity contribution in [3.8, 4) is 0 Å². The lowest BCUT2D eigenvalue weighted by atomic mass is 9.81. The van der Waals surface area contributed by atoms with Crippen molar-refractivity contribution in [2.75, 3.05) is 0 Å². The second kappa shape index (κ2) is 5.04. The number of aromatic carboxylic acids is 1. The number of halogens is 1. The number of hydrogen-bond acceptors (Lipinski definition) is 3. The molecule has 4 nitrogen and oxygen atoms in total. The standard InChI is InChI=1S/C16H14ClNO3/c1-8-14-12(18-15(8)16(20)21)6-10(7-13(14)19)9-2-4-11(17)5-3-9/h2-5,10,18H,6-7H2,1H3,(H,20,21)/p-1/t10-/m0/s1. The first-order chi connectivity index (χ1) is 9.97. The van der Waals surface area contributed by atoms with E-state index in [1.165, 1.54) is 0 Å². The predicted molar refractivity (Wildman–Crippen MR) is 76.7 cm³/mol. The van der Waals surface area contributed by atoms with Crippen molar-refractivity contribution < 1.29 is 14.7 Å². The number of carboxylic acids is 1. The smallest absolute Gasteiger partial charge is 0.165 e. The number of fused-ring (bicyclic) bond motifs is 1. The number of ketones is 1. The summed E-state index contributed by atoms with van der Waals surface area (Å²) in [6.45, 7) is 1.64. The molecule has 3 rings (SSSR count). The topological polar surface area (TPSA) is 73.0 Å². The zero-order valence-electron chi connectivity index (χ0n) is 11.4. The highest BCUT2D eigenvalue weighted by Gasteiger charge is 2.30. The molecule has 1 aliphatic rings. The Morgan fingerprint density at radius 3 is 2.57 bits per heavy atom. The molecule has 108 valence electrons. The summed E-state index contributed by atoms with van der Waals surface area (Å²) in [7, 11) is 0. The van der Waals surface area contributed by atoms with Gasteiger partial charge in [-0.2, -0.15) is 0 Å². The van der Waals surface area contributed by atoms with Crippen LogP contribution in [0.5, 0.6) is 0 Å². The van der Waals surface area contributed by atoms with E-state index in [0.29, 0.717) is 34.7 Å². The Kier molecular flexibility index (Phi) is 3.33.